The highest BCUT2D eigenvalue weighted by molar-refractivity contribution is 5.90. The SMILES string of the molecule is CON(C)C(=O)/C=C/c1ccc2c(c1)OCO2. The molecule has 0 fully saturated rings. The summed E-state index contributed by atoms with van der Waals surface area (Å²) in [5.74, 6) is 1.19. The third kappa shape index (κ3) is 2.57. The molecule has 90 valence electrons. The number of ether oxygens (including phenoxy) is 2. The molecule has 0 atom stereocenters. The third-order valence-electron chi connectivity index (χ3n) is 2.40. The van der Waals surface area contributed by atoms with Crippen LogP contribution in [0.25, 0.3) is 6.08 Å². The number of hydroxylamine groups is 2. The molecule has 0 saturated heterocycles. The fourth-order valence-electron chi connectivity index (χ4n) is 1.38. The van der Waals surface area contributed by atoms with Crippen molar-refractivity contribution in [1.29, 1.82) is 0 Å². The van der Waals surface area contributed by atoms with Crippen molar-refractivity contribution >= 4 is 12.0 Å². The van der Waals surface area contributed by atoms with E-state index in [1.54, 1.807) is 13.1 Å². The van der Waals surface area contributed by atoms with Crippen LogP contribution < -0.4 is 9.47 Å². The van der Waals surface area contributed by atoms with Crippen molar-refractivity contribution in [3.8, 4) is 11.5 Å². The second-order valence-corrected chi connectivity index (χ2v) is 3.46. The van der Waals surface area contributed by atoms with Gasteiger partial charge in [-0.25, -0.2) is 5.06 Å². The van der Waals surface area contributed by atoms with Crippen molar-refractivity contribution in [1.82, 2.24) is 5.06 Å². The molecule has 1 heterocycles. The fourth-order valence-corrected chi connectivity index (χ4v) is 1.38. The molecule has 0 bridgehead atoms. The van der Waals surface area contributed by atoms with Crippen LogP contribution >= 0.6 is 0 Å². The highest BCUT2D eigenvalue weighted by atomic mass is 16.7. The van der Waals surface area contributed by atoms with E-state index in [0.717, 1.165) is 16.4 Å². The zero-order valence-electron chi connectivity index (χ0n) is 9.67. The predicted octanol–water partition coefficient (Wildman–Crippen LogP) is 1.45. The van der Waals surface area contributed by atoms with Gasteiger partial charge < -0.3 is 9.47 Å². The van der Waals surface area contributed by atoms with E-state index in [4.69, 9.17) is 14.3 Å². The number of likely N-dealkylation sites (N-methyl/N-ethyl adjacent to an activating group) is 1. The molecule has 1 aliphatic heterocycles. The van der Waals surface area contributed by atoms with Crippen LogP contribution in [-0.4, -0.2) is 31.9 Å². The van der Waals surface area contributed by atoms with E-state index in [-0.39, 0.29) is 12.7 Å². The molecule has 17 heavy (non-hydrogen) atoms. The third-order valence-corrected chi connectivity index (χ3v) is 2.40. The average molecular weight is 235 g/mol. The van der Waals surface area contributed by atoms with Gasteiger partial charge in [-0.05, 0) is 23.8 Å². The van der Waals surface area contributed by atoms with Crippen molar-refractivity contribution in [3.05, 3.63) is 29.8 Å². The van der Waals surface area contributed by atoms with E-state index in [9.17, 15) is 4.79 Å². The Labute approximate surface area is 99.1 Å². The summed E-state index contributed by atoms with van der Waals surface area (Å²) in [6.07, 6.45) is 3.13. The lowest BCUT2D eigenvalue weighted by Gasteiger charge is -2.09. The lowest BCUT2D eigenvalue weighted by Crippen LogP contribution is -2.22. The molecule has 0 saturated carbocycles. The van der Waals surface area contributed by atoms with Crippen LogP contribution in [0.3, 0.4) is 0 Å². The summed E-state index contributed by atoms with van der Waals surface area (Å²) in [6, 6.07) is 5.48. The summed E-state index contributed by atoms with van der Waals surface area (Å²) in [6.45, 7) is 0.244. The summed E-state index contributed by atoms with van der Waals surface area (Å²) >= 11 is 0. The monoisotopic (exact) mass is 235 g/mol. The van der Waals surface area contributed by atoms with Crippen molar-refractivity contribution in [3.63, 3.8) is 0 Å². The van der Waals surface area contributed by atoms with Gasteiger partial charge in [0.1, 0.15) is 0 Å². The van der Waals surface area contributed by atoms with Gasteiger partial charge >= 0.3 is 0 Å². The molecule has 0 radical (unpaired) electrons. The first-order valence-electron chi connectivity index (χ1n) is 5.10. The van der Waals surface area contributed by atoms with Crippen LogP contribution in [-0.2, 0) is 9.63 Å². The average Bonchev–Trinajstić information content (AvgIpc) is 2.82. The van der Waals surface area contributed by atoms with Gasteiger partial charge in [0.05, 0.1) is 7.11 Å². The van der Waals surface area contributed by atoms with Crippen LogP contribution in [0.1, 0.15) is 5.56 Å². The minimum Gasteiger partial charge on any atom is -0.454 e. The van der Waals surface area contributed by atoms with Crippen molar-refractivity contribution in [2.24, 2.45) is 0 Å². The Morgan fingerprint density at radius 3 is 2.94 bits per heavy atom. The Bertz CT molecular complexity index is 456. The predicted molar refractivity (Wildman–Crippen MR) is 61.4 cm³/mol. The number of nitrogens with zero attached hydrogens (tertiary/aromatic N) is 1. The largest absolute Gasteiger partial charge is 0.454 e. The first-order valence-corrected chi connectivity index (χ1v) is 5.10. The van der Waals surface area contributed by atoms with Gasteiger partial charge in [0, 0.05) is 13.1 Å². The molecular weight excluding hydrogens is 222 g/mol. The Morgan fingerprint density at radius 2 is 2.18 bits per heavy atom. The van der Waals surface area contributed by atoms with E-state index in [1.165, 1.54) is 13.2 Å². The normalized spacial score (nSPS) is 13.1. The Hall–Kier alpha value is -2.01. The maximum Gasteiger partial charge on any atom is 0.269 e. The zero-order chi connectivity index (χ0) is 12.3. The van der Waals surface area contributed by atoms with Gasteiger partial charge in [0.2, 0.25) is 6.79 Å². The lowest BCUT2D eigenvalue weighted by molar-refractivity contribution is -0.162. The molecule has 1 aromatic rings. The Morgan fingerprint density at radius 1 is 1.41 bits per heavy atom. The van der Waals surface area contributed by atoms with Crippen molar-refractivity contribution < 1.29 is 19.1 Å². The molecule has 1 aliphatic rings. The molecule has 0 unspecified atom stereocenters. The molecule has 1 amide bonds. The topological polar surface area (TPSA) is 48.0 Å². The van der Waals surface area contributed by atoms with E-state index >= 15 is 0 Å². The molecule has 0 N–H and O–H groups in total. The molecule has 0 spiro atoms. The van der Waals surface area contributed by atoms with Crippen LogP contribution in [0.15, 0.2) is 24.3 Å². The van der Waals surface area contributed by atoms with E-state index in [1.807, 2.05) is 18.2 Å². The quantitative estimate of drug-likeness (QED) is 0.587. The number of amides is 1. The van der Waals surface area contributed by atoms with Crippen molar-refractivity contribution in [2.45, 2.75) is 0 Å². The number of carbonyl (C=O) groups is 1. The number of benzene rings is 1. The molecule has 1 aromatic carbocycles. The smallest absolute Gasteiger partial charge is 0.269 e. The molecule has 2 rings (SSSR count). The van der Waals surface area contributed by atoms with Crippen LogP contribution in [0.2, 0.25) is 0 Å². The van der Waals surface area contributed by atoms with Gasteiger partial charge in [-0.15, -0.1) is 0 Å². The summed E-state index contributed by atoms with van der Waals surface area (Å²) < 4.78 is 10.4. The maximum atomic E-state index is 11.4. The molecule has 5 heteroatoms. The number of hydrogen-bond donors (Lipinski definition) is 0. The first kappa shape index (κ1) is 11.5. The van der Waals surface area contributed by atoms with Crippen LogP contribution in [0.5, 0.6) is 11.5 Å². The summed E-state index contributed by atoms with van der Waals surface area (Å²) in [5, 5.41) is 1.14. The lowest BCUT2D eigenvalue weighted by atomic mass is 10.2. The van der Waals surface area contributed by atoms with E-state index < -0.39 is 0 Å². The molecule has 0 aliphatic carbocycles. The van der Waals surface area contributed by atoms with Crippen LogP contribution in [0, 0.1) is 0 Å². The van der Waals surface area contributed by atoms with E-state index in [0.29, 0.717) is 5.75 Å². The first-order chi connectivity index (χ1) is 8.20. The standard InChI is InChI=1S/C12H13NO4/c1-13(15-2)12(14)6-4-9-3-5-10-11(7-9)17-8-16-10/h3-7H,8H2,1-2H3/b6-4+. The zero-order valence-corrected chi connectivity index (χ0v) is 9.67. The van der Waals surface area contributed by atoms with Gasteiger partial charge in [0.15, 0.2) is 11.5 Å². The molecular formula is C12H13NO4. The minimum absolute atomic E-state index is 0.231. The van der Waals surface area contributed by atoms with Gasteiger partial charge in [-0.3, -0.25) is 9.63 Å². The fraction of sp³-hybridized carbons (Fsp3) is 0.250. The number of fused-ring (bicyclic) bond motifs is 1. The number of carbonyl (C=O) groups excluding carboxylic acids is 1. The minimum atomic E-state index is -0.231. The molecule has 0 aromatic heterocycles. The Balaban J connectivity index is 2.09. The summed E-state index contributed by atoms with van der Waals surface area (Å²) in [5.41, 5.74) is 0.868. The van der Waals surface area contributed by atoms with Gasteiger partial charge in [0.25, 0.3) is 5.91 Å². The van der Waals surface area contributed by atoms with Crippen molar-refractivity contribution in [2.75, 3.05) is 21.0 Å². The second-order valence-electron chi connectivity index (χ2n) is 3.46. The second kappa shape index (κ2) is 4.88. The van der Waals surface area contributed by atoms with Gasteiger partial charge in [-0.2, -0.15) is 0 Å². The van der Waals surface area contributed by atoms with E-state index in [2.05, 4.69) is 0 Å². The van der Waals surface area contributed by atoms with Crippen LogP contribution in [0.4, 0.5) is 0 Å². The Kier molecular flexibility index (Phi) is 3.30. The number of rotatable bonds is 3. The molecule has 5 nitrogen and oxygen atoms in total. The summed E-state index contributed by atoms with van der Waals surface area (Å²) in [7, 11) is 2.98. The van der Waals surface area contributed by atoms with Gasteiger partial charge in [-0.1, -0.05) is 6.07 Å². The highest BCUT2D eigenvalue weighted by Crippen LogP contribution is 2.32. The number of hydrogen-bond acceptors (Lipinski definition) is 4. The highest BCUT2D eigenvalue weighted by Gasteiger charge is 2.12. The summed E-state index contributed by atoms with van der Waals surface area (Å²) in [4.78, 5) is 16.2. The maximum absolute atomic E-state index is 11.4.